The molecule has 1 saturated carbocycles. The molecule has 0 N–H and O–H groups in total. The predicted molar refractivity (Wildman–Crippen MR) is 106 cm³/mol. The van der Waals surface area contributed by atoms with Gasteiger partial charge in [0.1, 0.15) is 5.75 Å². The Hall–Kier alpha value is -1.64. The Balaban J connectivity index is 1.41. The van der Waals surface area contributed by atoms with Crippen LogP contribution in [0.2, 0.25) is 0 Å². The fourth-order valence-electron chi connectivity index (χ4n) is 4.23. The zero-order chi connectivity index (χ0) is 19.7. The van der Waals surface area contributed by atoms with E-state index in [1.54, 1.807) is 28.6 Å². The number of ether oxygens (including phenoxy) is 1. The van der Waals surface area contributed by atoms with Crippen molar-refractivity contribution in [2.45, 2.75) is 36.6 Å². The molecule has 0 aromatic heterocycles. The zero-order valence-electron chi connectivity index (χ0n) is 16.4. The summed E-state index contributed by atoms with van der Waals surface area (Å²) in [5, 5.41) is 0. The third-order valence-corrected chi connectivity index (χ3v) is 7.95. The fourth-order valence-corrected chi connectivity index (χ4v) is 5.74. The Labute approximate surface area is 167 Å². The summed E-state index contributed by atoms with van der Waals surface area (Å²) in [6.45, 7) is 3.98. The number of sulfonamides is 1. The van der Waals surface area contributed by atoms with Crippen LogP contribution in [-0.2, 0) is 14.8 Å². The van der Waals surface area contributed by atoms with E-state index < -0.39 is 10.0 Å². The largest absolute Gasteiger partial charge is 0.497 e. The van der Waals surface area contributed by atoms with Crippen molar-refractivity contribution in [3.8, 4) is 5.75 Å². The van der Waals surface area contributed by atoms with Crippen LogP contribution in [0.1, 0.15) is 25.7 Å². The number of likely N-dealkylation sites (tertiary alicyclic amines) is 1. The molecule has 2 heterocycles. The van der Waals surface area contributed by atoms with Crippen LogP contribution in [0.25, 0.3) is 0 Å². The first-order chi connectivity index (χ1) is 13.5. The molecule has 28 heavy (non-hydrogen) atoms. The first kappa shape index (κ1) is 19.7. The molecule has 8 heteroatoms. The molecule has 2 aliphatic heterocycles. The minimum absolute atomic E-state index is 0.0850. The topological polar surface area (TPSA) is 70.2 Å². The number of amides is 1. The van der Waals surface area contributed by atoms with Gasteiger partial charge < -0.3 is 9.64 Å². The summed E-state index contributed by atoms with van der Waals surface area (Å²) in [6, 6.07) is 6.52. The van der Waals surface area contributed by atoms with Crippen molar-refractivity contribution in [3.05, 3.63) is 24.3 Å². The highest BCUT2D eigenvalue weighted by molar-refractivity contribution is 7.89. The van der Waals surface area contributed by atoms with Crippen molar-refractivity contribution >= 4 is 15.9 Å². The summed E-state index contributed by atoms with van der Waals surface area (Å²) in [6.07, 6.45) is 4.08. The van der Waals surface area contributed by atoms with E-state index in [9.17, 15) is 13.2 Å². The van der Waals surface area contributed by atoms with Gasteiger partial charge >= 0.3 is 0 Å². The highest BCUT2D eigenvalue weighted by atomic mass is 32.2. The molecule has 4 rings (SSSR count). The molecule has 7 nitrogen and oxygen atoms in total. The predicted octanol–water partition coefficient (Wildman–Crippen LogP) is 1.40. The summed E-state index contributed by atoms with van der Waals surface area (Å²) >= 11 is 0. The van der Waals surface area contributed by atoms with Gasteiger partial charge in [-0.1, -0.05) is 6.07 Å². The molecule has 3 aliphatic rings. The lowest BCUT2D eigenvalue weighted by Crippen LogP contribution is -2.44. The molecule has 1 aromatic carbocycles. The Kier molecular flexibility index (Phi) is 5.62. The van der Waals surface area contributed by atoms with Gasteiger partial charge in [-0.15, -0.1) is 0 Å². The molecular formula is C20H29N3O4S. The molecule has 1 amide bonds. The average Bonchev–Trinajstić information content (AvgIpc) is 3.49. The van der Waals surface area contributed by atoms with Gasteiger partial charge in [-0.3, -0.25) is 9.69 Å². The number of hydrogen-bond donors (Lipinski definition) is 0. The normalized spacial score (nSPS) is 25.1. The minimum atomic E-state index is -3.57. The van der Waals surface area contributed by atoms with Crippen LogP contribution in [0.15, 0.2) is 29.2 Å². The fraction of sp³-hybridized carbons (Fsp3) is 0.650. The van der Waals surface area contributed by atoms with Gasteiger partial charge in [-0.25, -0.2) is 8.42 Å². The third-order valence-electron chi connectivity index (χ3n) is 6.05. The smallest absolute Gasteiger partial charge is 0.243 e. The molecule has 1 aromatic rings. The third kappa shape index (κ3) is 4.04. The number of nitrogens with zero attached hydrogens (tertiary/aromatic N) is 3. The monoisotopic (exact) mass is 407 g/mol. The Morgan fingerprint density at radius 1 is 1.07 bits per heavy atom. The molecule has 2 saturated heterocycles. The summed E-state index contributed by atoms with van der Waals surface area (Å²) in [5.74, 6) is 1.47. The molecule has 1 atom stereocenters. The molecule has 3 fully saturated rings. The van der Waals surface area contributed by atoms with E-state index in [0.29, 0.717) is 31.3 Å². The number of methoxy groups -OCH3 is 1. The van der Waals surface area contributed by atoms with Crippen molar-refractivity contribution in [3.63, 3.8) is 0 Å². The van der Waals surface area contributed by atoms with E-state index in [-0.39, 0.29) is 16.8 Å². The summed E-state index contributed by atoms with van der Waals surface area (Å²) in [7, 11) is -2.04. The SMILES string of the molecule is COc1cccc(S(=O)(=O)N2CCCN([C@H]3CCN(CC4CC4)C3=O)CC2)c1. The number of benzene rings is 1. The van der Waals surface area contributed by atoms with Crippen molar-refractivity contribution < 1.29 is 17.9 Å². The van der Waals surface area contributed by atoms with Gasteiger partial charge in [0.25, 0.3) is 0 Å². The number of carbonyl (C=O) groups excluding carboxylic acids is 1. The lowest BCUT2D eigenvalue weighted by atomic mass is 10.2. The van der Waals surface area contributed by atoms with E-state index in [1.165, 1.54) is 20.0 Å². The molecule has 1 aliphatic carbocycles. The van der Waals surface area contributed by atoms with E-state index >= 15 is 0 Å². The molecular weight excluding hydrogens is 378 g/mol. The maximum absolute atomic E-state index is 13.1. The second kappa shape index (κ2) is 8.00. The average molecular weight is 408 g/mol. The highest BCUT2D eigenvalue weighted by Gasteiger charge is 2.39. The molecule has 0 radical (unpaired) electrons. The van der Waals surface area contributed by atoms with Gasteiger partial charge in [0.2, 0.25) is 15.9 Å². The maximum atomic E-state index is 13.1. The Morgan fingerprint density at radius 3 is 2.64 bits per heavy atom. The van der Waals surface area contributed by atoms with Gasteiger partial charge in [0.15, 0.2) is 0 Å². The van der Waals surface area contributed by atoms with Crippen LogP contribution in [-0.4, -0.2) is 80.9 Å². The van der Waals surface area contributed by atoms with Crippen LogP contribution >= 0.6 is 0 Å². The molecule has 0 unspecified atom stereocenters. The van der Waals surface area contributed by atoms with Crippen LogP contribution in [0.4, 0.5) is 0 Å². The molecule has 154 valence electrons. The van der Waals surface area contributed by atoms with Gasteiger partial charge in [-0.2, -0.15) is 4.31 Å². The highest BCUT2D eigenvalue weighted by Crippen LogP contribution is 2.32. The number of hydrogen-bond acceptors (Lipinski definition) is 5. The minimum Gasteiger partial charge on any atom is -0.497 e. The summed E-state index contributed by atoms with van der Waals surface area (Å²) in [5.41, 5.74) is 0. The van der Waals surface area contributed by atoms with Crippen molar-refractivity contribution in [1.29, 1.82) is 0 Å². The first-order valence-corrected chi connectivity index (χ1v) is 11.6. The quantitative estimate of drug-likeness (QED) is 0.713. The summed E-state index contributed by atoms with van der Waals surface area (Å²) < 4.78 is 32.8. The molecule has 0 spiro atoms. The lowest BCUT2D eigenvalue weighted by molar-refractivity contribution is -0.132. The zero-order valence-corrected chi connectivity index (χ0v) is 17.2. The Morgan fingerprint density at radius 2 is 1.89 bits per heavy atom. The van der Waals surface area contributed by atoms with Crippen LogP contribution in [0.5, 0.6) is 5.75 Å². The number of carbonyl (C=O) groups is 1. The maximum Gasteiger partial charge on any atom is 0.243 e. The standard InChI is InChI=1S/C20H29N3O4S/c1-27-17-4-2-5-18(14-17)28(25,26)23-10-3-9-21(12-13-23)19-8-11-22(20(19)24)15-16-6-7-16/h2,4-5,14,16,19H,3,6-13,15H2,1H3/t19-/m0/s1. The Bertz CT molecular complexity index is 824. The second-order valence-electron chi connectivity index (χ2n) is 8.00. The van der Waals surface area contributed by atoms with Crippen LogP contribution < -0.4 is 4.74 Å². The van der Waals surface area contributed by atoms with E-state index in [0.717, 1.165) is 32.5 Å². The van der Waals surface area contributed by atoms with E-state index in [1.807, 2.05) is 4.90 Å². The van der Waals surface area contributed by atoms with Crippen LogP contribution in [0.3, 0.4) is 0 Å². The lowest BCUT2D eigenvalue weighted by Gasteiger charge is -2.26. The van der Waals surface area contributed by atoms with Crippen molar-refractivity contribution in [2.75, 3.05) is 46.4 Å². The van der Waals surface area contributed by atoms with Crippen molar-refractivity contribution in [1.82, 2.24) is 14.1 Å². The second-order valence-corrected chi connectivity index (χ2v) is 9.94. The van der Waals surface area contributed by atoms with Crippen molar-refractivity contribution in [2.24, 2.45) is 5.92 Å². The van der Waals surface area contributed by atoms with Gasteiger partial charge in [0.05, 0.1) is 18.0 Å². The van der Waals surface area contributed by atoms with Gasteiger partial charge in [0, 0.05) is 45.3 Å². The van der Waals surface area contributed by atoms with Gasteiger partial charge in [-0.05, 0) is 43.7 Å². The summed E-state index contributed by atoms with van der Waals surface area (Å²) in [4.78, 5) is 17.2. The molecule has 0 bridgehead atoms. The first-order valence-electron chi connectivity index (χ1n) is 10.2. The van der Waals surface area contributed by atoms with E-state index in [2.05, 4.69) is 4.90 Å². The van der Waals surface area contributed by atoms with E-state index in [4.69, 9.17) is 4.74 Å². The van der Waals surface area contributed by atoms with Crippen LogP contribution in [0, 0.1) is 5.92 Å². The number of rotatable bonds is 6.